The summed E-state index contributed by atoms with van der Waals surface area (Å²) >= 11 is 6.50. The lowest BCUT2D eigenvalue weighted by Crippen LogP contribution is -2.31. The summed E-state index contributed by atoms with van der Waals surface area (Å²) in [5, 5.41) is 7.70. The van der Waals surface area contributed by atoms with Crippen molar-refractivity contribution in [3.63, 3.8) is 0 Å². The van der Waals surface area contributed by atoms with Crippen LogP contribution < -0.4 is 10.5 Å². The van der Waals surface area contributed by atoms with E-state index in [-0.39, 0.29) is 29.7 Å². The highest BCUT2D eigenvalue weighted by atomic mass is 32.2. The maximum Gasteiger partial charge on any atom is 0.266 e. The first-order chi connectivity index (χ1) is 14.1. The number of thioether (sulfide) groups is 1. The predicted molar refractivity (Wildman–Crippen MR) is 122 cm³/mol. The second-order valence-corrected chi connectivity index (χ2v) is 9.85. The molecule has 3 N–H and O–H groups in total. The topological polar surface area (TPSA) is 110 Å². The van der Waals surface area contributed by atoms with Crippen LogP contribution in [0.4, 0.5) is 5.69 Å². The molecule has 2 aromatic rings. The molecule has 0 saturated carbocycles. The molecule has 1 heterocycles. The Labute approximate surface area is 184 Å². The first kappa shape index (κ1) is 22.2. The number of sulfonamides is 1. The summed E-state index contributed by atoms with van der Waals surface area (Å²) in [4.78, 5) is 26.7. The lowest BCUT2D eigenvalue weighted by atomic mass is 10.1. The van der Waals surface area contributed by atoms with Gasteiger partial charge in [0.05, 0.1) is 9.80 Å². The van der Waals surface area contributed by atoms with Crippen LogP contribution in [0.25, 0.3) is 6.08 Å². The van der Waals surface area contributed by atoms with Crippen molar-refractivity contribution in [3.8, 4) is 0 Å². The van der Waals surface area contributed by atoms with Crippen molar-refractivity contribution in [2.45, 2.75) is 18.2 Å². The second-order valence-electron chi connectivity index (χ2n) is 6.61. The number of carbonyl (C=O) groups is 2. The van der Waals surface area contributed by atoms with Crippen LogP contribution in [0.5, 0.6) is 0 Å². The van der Waals surface area contributed by atoms with Gasteiger partial charge < -0.3 is 5.32 Å². The Morgan fingerprint density at radius 2 is 1.80 bits per heavy atom. The molecule has 1 aliphatic heterocycles. The average molecular weight is 462 g/mol. The number of aryl methyl sites for hydroxylation is 1. The molecule has 1 aliphatic rings. The Bertz CT molecular complexity index is 1120. The lowest BCUT2D eigenvalue weighted by Gasteiger charge is -2.14. The van der Waals surface area contributed by atoms with E-state index in [0.717, 1.165) is 11.1 Å². The molecular formula is C20H19N3O4S3. The number of carbonyl (C=O) groups excluding carboxylic acids is 2. The minimum Gasteiger partial charge on any atom is -0.326 e. The molecule has 10 heteroatoms. The fraction of sp³-hybridized carbons (Fsp3) is 0.150. The summed E-state index contributed by atoms with van der Waals surface area (Å²) in [6, 6.07) is 13.3. The number of hydrogen-bond acceptors (Lipinski definition) is 6. The van der Waals surface area contributed by atoms with Crippen molar-refractivity contribution >= 4 is 61.9 Å². The number of rotatable bonds is 6. The first-order valence-electron chi connectivity index (χ1n) is 8.88. The fourth-order valence-electron chi connectivity index (χ4n) is 2.67. The largest absolute Gasteiger partial charge is 0.326 e. The molecule has 0 spiro atoms. The SMILES string of the molecule is Cc1ccc(/C=C2/SC(=S)N(CCC(=O)Nc3ccc(S(N)(=O)=O)cc3)C2=O)cc1. The van der Waals surface area contributed by atoms with Crippen LogP contribution in [0, 0.1) is 6.92 Å². The molecule has 7 nitrogen and oxygen atoms in total. The van der Waals surface area contributed by atoms with E-state index in [1.807, 2.05) is 31.2 Å². The molecule has 1 saturated heterocycles. The van der Waals surface area contributed by atoms with E-state index in [4.69, 9.17) is 17.4 Å². The molecule has 0 bridgehead atoms. The number of benzene rings is 2. The van der Waals surface area contributed by atoms with Crippen LogP contribution in [0.1, 0.15) is 17.5 Å². The molecule has 1 fully saturated rings. The number of nitrogens with two attached hydrogens (primary N) is 1. The van der Waals surface area contributed by atoms with E-state index in [0.29, 0.717) is 14.9 Å². The quantitative estimate of drug-likeness (QED) is 0.506. The van der Waals surface area contributed by atoms with Gasteiger partial charge in [-0.25, -0.2) is 13.6 Å². The fourth-order valence-corrected chi connectivity index (χ4v) is 4.50. The highest BCUT2D eigenvalue weighted by molar-refractivity contribution is 8.26. The van der Waals surface area contributed by atoms with Crippen molar-refractivity contribution in [1.82, 2.24) is 4.90 Å². The van der Waals surface area contributed by atoms with Gasteiger partial charge in [0.25, 0.3) is 5.91 Å². The zero-order valence-electron chi connectivity index (χ0n) is 16.0. The van der Waals surface area contributed by atoms with Crippen LogP contribution in [0.15, 0.2) is 58.3 Å². The van der Waals surface area contributed by atoms with Crippen LogP contribution in [-0.2, 0) is 19.6 Å². The third-order valence-electron chi connectivity index (χ3n) is 4.28. The highest BCUT2D eigenvalue weighted by Crippen LogP contribution is 2.32. The van der Waals surface area contributed by atoms with Crippen molar-refractivity contribution in [1.29, 1.82) is 0 Å². The lowest BCUT2D eigenvalue weighted by molar-refractivity contribution is -0.122. The van der Waals surface area contributed by atoms with Gasteiger partial charge in [0, 0.05) is 18.7 Å². The number of primary sulfonamides is 1. The summed E-state index contributed by atoms with van der Waals surface area (Å²) in [6.45, 7) is 2.14. The molecule has 30 heavy (non-hydrogen) atoms. The Balaban J connectivity index is 1.58. The van der Waals surface area contributed by atoms with Crippen LogP contribution in [0.3, 0.4) is 0 Å². The number of nitrogens with zero attached hydrogens (tertiary/aromatic N) is 1. The third-order valence-corrected chi connectivity index (χ3v) is 6.58. The van der Waals surface area contributed by atoms with Gasteiger partial charge in [-0.2, -0.15) is 0 Å². The zero-order chi connectivity index (χ0) is 21.9. The van der Waals surface area contributed by atoms with Gasteiger partial charge in [-0.3, -0.25) is 14.5 Å². The molecule has 156 valence electrons. The number of anilines is 1. The first-order valence-corrected chi connectivity index (χ1v) is 11.7. The zero-order valence-corrected chi connectivity index (χ0v) is 18.4. The second kappa shape index (κ2) is 9.09. The van der Waals surface area contributed by atoms with E-state index in [1.165, 1.54) is 40.9 Å². The van der Waals surface area contributed by atoms with Crippen molar-refractivity contribution in [2.24, 2.45) is 5.14 Å². The Morgan fingerprint density at radius 1 is 1.17 bits per heavy atom. The minimum atomic E-state index is -3.79. The van der Waals surface area contributed by atoms with Crippen molar-refractivity contribution in [3.05, 3.63) is 64.6 Å². The van der Waals surface area contributed by atoms with Gasteiger partial charge >= 0.3 is 0 Å². The number of thiocarbonyl (C=S) groups is 1. The maximum absolute atomic E-state index is 12.6. The average Bonchev–Trinajstić information content (AvgIpc) is 2.94. The summed E-state index contributed by atoms with van der Waals surface area (Å²) < 4.78 is 22.9. The molecule has 0 atom stereocenters. The Hall–Kier alpha value is -2.53. The van der Waals surface area contributed by atoms with Crippen LogP contribution >= 0.6 is 24.0 Å². The van der Waals surface area contributed by atoms with Crippen LogP contribution in [-0.4, -0.2) is 36.0 Å². The van der Waals surface area contributed by atoms with Gasteiger partial charge in [0.2, 0.25) is 15.9 Å². The molecule has 3 rings (SSSR count). The highest BCUT2D eigenvalue weighted by Gasteiger charge is 2.32. The van der Waals surface area contributed by atoms with Gasteiger partial charge in [0.1, 0.15) is 4.32 Å². The van der Waals surface area contributed by atoms with Crippen molar-refractivity contribution < 1.29 is 18.0 Å². The van der Waals surface area contributed by atoms with E-state index in [9.17, 15) is 18.0 Å². The van der Waals surface area contributed by atoms with Gasteiger partial charge in [-0.05, 0) is 42.8 Å². The number of hydrogen-bond donors (Lipinski definition) is 2. The maximum atomic E-state index is 12.6. The van der Waals surface area contributed by atoms with Crippen LogP contribution in [0.2, 0.25) is 0 Å². The Morgan fingerprint density at radius 3 is 2.40 bits per heavy atom. The monoisotopic (exact) mass is 461 g/mol. The third kappa shape index (κ3) is 5.54. The smallest absolute Gasteiger partial charge is 0.266 e. The van der Waals surface area contributed by atoms with Crippen molar-refractivity contribution in [2.75, 3.05) is 11.9 Å². The summed E-state index contributed by atoms with van der Waals surface area (Å²) in [5.41, 5.74) is 2.46. The van der Waals surface area contributed by atoms with Gasteiger partial charge in [-0.15, -0.1) is 0 Å². The molecule has 0 unspecified atom stereocenters. The molecular weight excluding hydrogens is 442 g/mol. The molecule has 0 aliphatic carbocycles. The van der Waals surface area contributed by atoms with E-state index >= 15 is 0 Å². The van der Waals surface area contributed by atoms with Gasteiger partial charge in [0.15, 0.2) is 0 Å². The standard InChI is InChI=1S/C20H19N3O4S3/c1-13-2-4-14(5-3-13)12-17-19(25)23(20(28)29-17)11-10-18(24)22-15-6-8-16(9-7-15)30(21,26)27/h2-9,12H,10-11H2,1H3,(H,22,24)(H2,21,26,27)/b17-12+. The molecule has 2 aromatic carbocycles. The molecule has 0 aromatic heterocycles. The summed E-state index contributed by atoms with van der Waals surface area (Å²) in [7, 11) is -3.79. The number of nitrogens with one attached hydrogen (secondary N) is 1. The van der Waals surface area contributed by atoms with E-state index < -0.39 is 10.0 Å². The molecule has 0 radical (unpaired) electrons. The number of amides is 2. The summed E-state index contributed by atoms with van der Waals surface area (Å²) in [5.74, 6) is -0.550. The summed E-state index contributed by atoms with van der Waals surface area (Å²) in [6.07, 6.45) is 1.83. The minimum absolute atomic E-state index is 0.0428. The normalized spacial score (nSPS) is 15.7. The van der Waals surface area contributed by atoms with E-state index in [2.05, 4.69) is 5.32 Å². The Kier molecular flexibility index (Phi) is 6.71. The molecule has 2 amide bonds. The van der Waals surface area contributed by atoms with Gasteiger partial charge in [-0.1, -0.05) is 53.8 Å². The van der Waals surface area contributed by atoms with E-state index in [1.54, 1.807) is 6.08 Å². The predicted octanol–water partition coefficient (Wildman–Crippen LogP) is 2.87.